The third-order valence-corrected chi connectivity index (χ3v) is 3.71. The lowest BCUT2D eigenvalue weighted by Crippen LogP contribution is -2.29. The predicted octanol–water partition coefficient (Wildman–Crippen LogP) is 3.52. The topological polar surface area (TPSA) is 37.4 Å². The number of anilines is 1. The first-order valence-electron chi connectivity index (χ1n) is 6.38. The molecule has 0 fully saturated rings. The van der Waals surface area contributed by atoms with Gasteiger partial charge in [-0.3, -0.25) is 9.59 Å². The number of hydrogen-bond acceptors (Lipinski definition) is 2. The van der Waals surface area contributed by atoms with Gasteiger partial charge in [0.05, 0.1) is 17.8 Å². The lowest BCUT2D eigenvalue weighted by atomic mass is 10.1. The smallest absolute Gasteiger partial charge is 0.299 e. The molecule has 1 aliphatic heterocycles. The maximum absolute atomic E-state index is 13.9. The Morgan fingerprint density at radius 2 is 1.90 bits per heavy atom. The summed E-state index contributed by atoms with van der Waals surface area (Å²) in [4.78, 5) is 25.4. The first-order valence-corrected chi connectivity index (χ1v) is 6.76. The highest BCUT2D eigenvalue weighted by Crippen LogP contribution is 2.31. The number of benzene rings is 2. The zero-order valence-corrected chi connectivity index (χ0v) is 11.9. The average molecular weight is 304 g/mol. The van der Waals surface area contributed by atoms with Crippen LogP contribution in [0.2, 0.25) is 5.02 Å². The van der Waals surface area contributed by atoms with E-state index in [0.717, 1.165) is 5.56 Å². The van der Waals surface area contributed by atoms with Gasteiger partial charge in [-0.25, -0.2) is 4.39 Å². The highest BCUT2D eigenvalue weighted by atomic mass is 35.5. The van der Waals surface area contributed by atoms with E-state index in [4.69, 9.17) is 11.6 Å². The molecule has 5 heteroatoms. The molecule has 3 nitrogen and oxygen atoms in total. The van der Waals surface area contributed by atoms with Crippen molar-refractivity contribution in [3.8, 4) is 0 Å². The van der Waals surface area contributed by atoms with Crippen LogP contribution in [0.25, 0.3) is 0 Å². The molecule has 2 aromatic carbocycles. The zero-order valence-electron chi connectivity index (χ0n) is 11.2. The molecule has 0 aromatic heterocycles. The Morgan fingerprint density at radius 1 is 1.14 bits per heavy atom. The van der Waals surface area contributed by atoms with Crippen molar-refractivity contribution in [3.63, 3.8) is 0 Å². The number of fused-ring (bicyclic) bond motifs is 1. The molecule has 21 heavy (non-hydrogen) atoms. The van der Waals surface area contributed by atoms with E-state index in [2.05, 4.69) is 0 Å². The maximum Gasteiger partial charge on any atom is 0.299 e. The van der Waals surface area contributed by atoms with Gasteiger partial charge in [0.1, 0.15) is 5.82 Å². The first kappa shape index (κ1) is 13.8. The van der Waals surface area contributed by atoms with Gasteiger partial charge < -0.3 is 4.90 Å². The summed E-state index contributed by atoms with van der Waals surface area (Å²) in [5, 5.41) is 0.288. The Labute approximate surface area is 125 Å². The molecule has 0 aliphatic carbocycles. The molecule has 2 aromatic rings. The second-order valence-corrected chi connectivity index (χ2v) is 5.41. The average Bonchev–Trinajstić information content (AvgIpc) is 2.66. The summed E-state index contributed by atoms with van der Waals surface area (Å²) in [5.41, 5.74) is 2.10. The van der Waals surface area contributed by atoms with Gasteiger partial charge in [0.2, 0.25) is 0 Å². The normalized spacial score (nSPS) is 13.8. The number of halogens is 2. The summed E-state index contributed by atoms with van der Waals surface area (Å²) in [6.07, 6.45) is 0. The Morgan fingerprint density at radius 3 is 2.62 bits per heavy atom. The second kappa shape index (κ2) is 4.97. The number of aryl methyl sites for hydroxylation is 1. The van der Waals surface area contributed by atoms with Crippen LogP contribution in [0.5, 0.6) is 0 Å². The molecule has 0 atom stereocenters. The minimum absolute atomic E-state index is 0.00361. The Balaban J connectivity index is 2.00. The van der Waals surface area contributed by atoms with Crippen LogP contribution in [0.3, 0.4) is 0 Å². The van der Waals surface area contributed by atoms with E-state index in [1.807, 2.05) is 13.0 Å². The van der Waals surface area contributed by atoms with Gasteiger partial charge in [-0.15, -0.1) is 0 Å². The van der Waals surface area contributed by atoms with Crippen LogP contribution in [0.1, 0.15) is 21.5 Å². The van der Waals surface area contributed by atoms with Crippen LogP contribution in [-0.4, -0.2) is 11.7 Å². The molecule has 0 bridgehead atoms. The molecule has 106 valence electrons. The Hall–Kier alpha value is -2.20. The number of nitrogens with zero attached hydrogens (tertiary/aromatic N) is 1. The van der Waals surface area contributed by atoms with Gasteiger partial charge in [0.25, 0.3) is 11.7 Å². The largest absolute Gasteiger partial charge is 0.300 e. The van der Waals surface area contributed by atoms with Gasteiger partial charge in [-0.05, 0) is 31.2 Å². The van der Waals surface area contributed by atoms with Crippen LogP contribution in [0.15, 0.2) is 36.4 Å². The fourth-order valence-corrected chi connectivity index (χ4v) is 2.55. The highest BCUT2D eigenvalue weighted by Gasteiger charge is 2.35. The van der Waals surface area contributed by atoms with E-state index < -0.39 is 17.5 Å². The van der Waals surface area contributed by atoms with Crippen molar-refractivity contribution in [3.05, 3.63) is 63.9 Å². The van der Waals surface area contributed by atoms with Crippen LogP contribution >= 0.6 is 11.6 Å². The van der Waals surface area contributed by atoms with Crippen molar-refractivity contribution in [2.24, 2.45) is 0 Å². The van der Waals surface area contributed by atoms with Crippen molar-refractivity contribution in [2.75, 3.05) is 4.90 Å². The van der Waals surface area contributed by atoms with Crippen LogP contribution in [0.4, 0.5) is 10.1 Å². The summed E-state index contributed by atoms with van der Waals surface area (Å²) in [7, 11) is 0. The predicted molar refractivity (Wildman–Crippen MR) is 78.1 cm³/mol. The summed E-state index contributed by atoms with van der Waals surface area (Å²) in [5.74, 6) is -1.68. The molecule has 0 spiro atoms. The molecule has 0 radical (unpaired) electrons. The lowest BCUT2D eigenvalue weighted by molar-refractivity contribution is -0.114. The maximum atomic E-state index is 13.9. The van der Waals surface area contributed by atoms with Crippen LogP contribution in [-0.2, 0) is 11.3 Å². The first-order chi connectivity index (χ1) is 9.97. The summed E-state index contributed by atoms with van der Waals surface area (Å²) >= 11 is 5.71. The molecule has 3 rings (SSSR count). The monoisotopic (exact) mass is 303 g/mol. The molecule has 0 saturated carbocycles. The van der Waals surface area contributed by atoms with Gasteiger partial charge in [-0.2, -0.15) is 0 Å². The van der Waals surface area contributed by atoms with Gasteiger partial charge in [0.15, 0.2) is 0 Å². The van der Waals surface area contributed by atoms with E-state index in [-0.39, 0.29) is 11.6 Å². The molecule has 1 heterocycles. The molecular weight excluding hydrogens is 293 g/mol. The number of carbonyl (C=O) groups is 2. The second-order valence-electron chi connectivity index (χ2n) is 4.98. The Kier molecular flexibility index (Phi) is 3.26. The minimum atomic E-state index is -0.634. The van der Waals surface area contributed by atoms with Crippen molar-refractivity contribution in [1.29, 1.82) is 0 Å². The molecule has 1 aliphatic rings. The van der Waals surface area contributed by atoms with Crippen LogP contribution in [0, 0.1) is 12.7 Å². The van der Waals surface area contributed by atoms with E-state index >= 15 is 0 Å². The summed E-state index contributed by atoms with van der Waals surface area (Å²) in [6.45, 7) is 1.85. The number of amides is 1. The minimum Gasteiger partial charge on any atom is -0.300 e. The summed E-state index contributed by atoms with van der Waals surface area (Å²) in [6, 6.07) is 9.46. The van der Waals surface area contributed by atoms with Crippen molar-refractivity contribution >= 4 is 29.0 Å². The van der Waals surface area contributed by atoms with E-state index in [1.165, 1.54) is 17.0 Å². The van der Waals surface area contributed by atoms with Gasteiger partial charge in [-0.1, -0.05) is 29.3 Å². The molecule has 0 unspecified atom stereocenters. The zero-order chi connectivity index (χ0) is 15.1. The molecule has 0 saturated heterocycles. The number of ketones is 1. The van der Waals surface area contributed by atoms with E-state index in [9.17, 15) is 14.0 Å². The quantitative estimate of drug-likeness (QED) is 0.796. The highest BCUT2D eigenvalue weighted by molar-refractivity contribution is 6.52. The number of hydrogen-bond donors (Lipinski definition) is 0. The summed E-state index contributed by atoms with van der Waals surface area (Å²) < 4.78 is 13.9. The lowest BCUT2D eigenvalue weighted by Gasteiger charge is -2.17. The van der Waals surface area contributed by atoms with Crippen molar-refractivity contribution in [1.82, 2.24) is 0 Å². The molecule has 1 amide bonds. The van der Waals surface area contributed by atoms with E-state index in [1.54, 1.807) is 18.2 Å². The number of carbonyl (C=O) groups excluding carboxylic acids is 2. The third kappa shape index (κ3) is 2.32. The standard InChI is InChI=1S/C16H11ClFNO2/c1-9-2-5-14-12(6-9)15(20)16(21)19(14)8-10-3-4-11(17)7-13(10)18/h2-7H,8H2,1H3. The third-order valence-electron chi connectivity index (χ3n) is 3.47. The van der Waals surface area contributed by atoms with Gasteiger partial charge in [0, 0.05) is 10.6 Å². The van der Waals surface area contributed by atoms with Crippen molar-refractivity contribution < 1.29 is 14.0 Å². The SMILES string of the molecule is Cc1ccc2c(c1)C(=O)C(=O)N2Cc1ccc(Cl)cc1F. The van der Waals surface area contributed by atoms with Gasteiger partial charge >= 0.3 is 0 Å². The number of Topliss-reactive ketones (excluding diaryl/α,β-unsaturated/α-hetero) is 1. The van der Waals surface area contributed by atoms with E-state index in [0.29, 0.717) is 16.8 Å². The van der Waals surface area contributed by atoms with Crippen LogP contribution < -0.4 is 4.90 Å². The van der Waals surface area contributed by atoms with Crippen molar-refractivity contribution in [2.45, 2.75) is 13.5 Å². The fourth-order valence-electron chi connectivity index (χ4n) is 2.39. The Bertz CT molecular complexity index is 773. The molecular formula is C16H11ClFNO2. The molecule has 0 N–H and O–H groups in total. The fraction of sp³-hybridized carbons (Fsp3) is 0.125. The number of rotatable bonds is 2.